The molecule has 4 nitrogen and oxygen atoms in total. The van der Waals surface area contributed by atoms with Crippen LogP contribution in [-0.2, 0) is 0 Å². The summed E-state index contributed by atoms with van der Waals surface area (Å²) >= 11 is 0. The van der Waals surface area contributed by atoms with Gasteiger partial charge < -0.3 is 11.1 Å². The van der Waals surface area contributed by atoms with Gasteiger partial charge in [0, 0.05) is 17.6 Å². The van der Waals surface area contributed by atoms with Crippen LogP contribution in [0.3, 0.4) is 0 Å². The molecule has 90 valence electrons. The van der Waals surface area contributed by atoms with E-state index in [0.717, 1.165) is 11.4 Å². The van der Waals surface area contributed by atoms with E-state index in [9.17, 15) is 0 Å². The predicted octanol–water partition coefficient (Wildman–Crippen LogP) is 2.71. The number of pyridine rings is 1. The van der Waals surface area contributed by atoms with E-state index in [2.05, 4.69) is 16.4 Å². The van der Waals surface area contributed by atoms with Gasteiger partial charge in [-0.3, -0.25) is 4.98 Å². The van der Waals surface area contributed by atoms with Crippen LogP contribution < -0.4 is 11.1 Å². The maximum Gasteiger partial charge on any atom is 0.101 e. The minimum atomic E-state index is 0.0707. The van der Waals surface area contributed by atoms with Gasteiger partial charge in [-0.15, -0.1) is 0 Å². The minimum absolute atomic E-state index is 0.0707. The van der Waals surface area contributed by atoms with Gasteiger partial charge in [-0.2, -0.15) is 5.26 Å². The van der Waals surface area contributed by atoms with Gasteiger partial charge >= 0.3 is 0 Å². The van der Waals surface area contributed by atoms with Gasteiger partial charge in [0.15, 0.2) is 0 Å². The second-order valence-corrected chi connectivity index (χ2v) is 4.03. The summed E-state index contributed by atoms with van der Waals surface area (Å²) in [6.45, 7) is 2.02. The Kier molecular flexibility index (Phi) is 3.44. The number of nitrogens with one attached hydrogen (secondary N) is 1. The molecule has 0 bridgehead atoms. The normalized spacial score (nSPS) is 11.6. The summed E-state index contributed by atoms with van der Waals surface area (Å²) in [6, 6.07) is 13.3. The van der Waals surface area contributed by atoms with Crippen molar-refractivity contribution in [1.82, 2.24) is 4.98 Å². The Hall–Kier alpha value is -2.54. The molecular weight excluding hydrogens is 224 g/mol. The van der Waals surface area contributed by atoms with Crippen LogP contribution in [0.4, 0.5) is 11.4 Å². The van der Waals surface area contributed by atoms with Crippen molar-refractivity contribution in [1.29, 1.82) is 5.26 Å². The number of hydrogen-bond donors (Lipinski definition) is 2. The highest BCUT2D eigenvalue weighted by atomic mass is 14.9. The highest BCUT2D eigenvalue weighted by Crippen LogP contribution is 2.21. The van der Waals surface area contributed by atoms with E-state index in [0.29, 0.717) is 11.3 Å². The molecule has 2 aromatic rings. The van der Waals surface area contributed by atoms with E-state index in [1.165, 1.54) is 0 Å². The Morgan fingerprint density at radius 2 is 2.17 bits per heavy atom. The first-order chi connectivity index (χ1) is 8.70. The highest BCUT2D eigenvalue weighted by molar-refractivity contribution is 5.62. The minimum Gasteiger partial charge on any atom is -0.398 e. The molecule has 1 unspecified atom stereocenters. The SMILES string of the molecule is CC(Nc1ccc(N)c(C#N)c1)c1ccccn1. The summed E-state index contributed by atoms with van der Waals surface area (Å²) in [4.78, 5) is 4.28. The van der Waals surface area contributed by atoms with Crippen molar-refractivity contribution in [3.63, 3.8) is 0 Å². The van der Waals surface area contributed by atoms with E-state index < -0.39 is 0 Å². The van der Waals surface area contributed by atoms with Crippen molar-refractivity contribution in [3.05, 3.63) is 53.9 Å². The fourth-order valence-corrected chi connectivity index (χ4v) is 1.70. The third kappa shape index (κ3) is 2.58. The molecule has 0 aliphatic heterocycles. The zero-order valence-corrected chi connectivity index (χ0v) is 10.1. The monoisotopic (exact) mass is 238 g/mol. The molecule has 4 heteroatoms. The Morgan fingerprint density at radius 1 is 1.33 bits per heavy atom. The summed E-state index contributed by atoms with van der Waals surface area (Å²) < 4.78 is 0. The largest absolute Gasteiger partial charge is 0.398 e. The van der Waals surface area contributed by atoms with Crippen LogP contribution >= 0.6 is 0 Å². The van der Waals surface area contributed by atoms with E-state index in [1.807, 2.05) is 31.2 Å². The number of nitrogen functional groups attached to an aromatic ring is 1. The molecule has 0 saturated carbocycles. The van der Waals surface area contributed by atoms with Gasteiger partial charge in [-0.25, -0.2) is 0 Å². The number of anilines is 2. The van der Waals surface area contributed by atoms with E-state index in [4.69, 9.17) is 11.0 Å². The average molecular weight is 238 g/mol. The number of hydrogen-bond acceptors (Lipinski definition) is 4. The summed E-state index contributed by atoms with van der Waals surface area (Å²) in [5.74, 6) is 0. The molecule has 18 heavy (non-hydrogen) atoms. The number of nitrogens with zero attached hydrogens (tertiary/aromatic N) is 2. The van der Waals surface area contributed by atoms with Crippen LogP contribution in [0, 0.1) is 11.3 Å². The van der Waals surface area contributed by atoms with Gasteiger partial charge in [0.25, 0.3) is 0 Å². The lowest BCUT2D eigenvalue weighted by molar-refractivity contribution is 0.839. The Balaban J connectivity index is 2.18. The van der Waals surface area contributed by atoms with Gasteiger partial charge in [0.05, 0.1) is 17.3 Å². The van der Waals surface area contributed by atoms with E-state index in [-0.39, 0.29) is 6.04 Å². The van der Waals surface area contributed by atoms with Crippen LogP contribution in [0.1, 0.15) is 24.2 Å². The molecule has 0 spiro atoms. The standard InChI is InChI=1S/C14H14N4/c1-10(14-4-2-3-7-17-14)18-12-5-6-13(16)11(8-12)9-15/h2-8,10,18H,16H2,1H3. The maximum absolute atomic E-state index is 8.92. The summed E-state index contributed by atoms with van der Waals surface area (Å²) in [7, 11) is 0. The lowest BCUT2D eigenvalue weighted by Gasteiger charge is -2.15. The second-order valence-electron chi connectivity index (χ2n) is 4.03. The number of rotatable bonds is 3. The van der Waals surface area contributed by atoms with Gasteiger partial charge in [0.2, 0.25) is 0 Å². The van der Waals surface area contributed by atoms with Crippen molar-refractivity contribution < 1.29 is 0 Å². The van der Waals surface area contributed by atoms with Gasteiger partial charge in [0.1, 0.15) is 6.07 Å². The predicted molar refractivity (Wildman–Crippen MR) is 71.8 cm³/mol. The molecule has 0 amide bonds. The Morgan fingerprint density at radius 3 is 2.83 bits per heavy atom. The molecule has 0 saturated heterocycles. The topological polar surface area (TPSA) is 74.7 Å². The first kappa shape index (κ1) is 11.9. The van der Waals surface area contributed by atoms with Crippen molar-refractivity contribution in [3.8, 4) is 6.07 Å². The van der Waals surface area contributed by atoms with Gasteiger partial charge in [-0.05, 0) is 37.3 Å². The molecule has 1 atom stereocenters. The molecule has 2 rings (SSSR count). The molecule has 0 aliphatic rings. The molecular formula is C14H14N4. The molecule has 1 aromatic carbocycles. The lowest BCUT2D eigenvalue weighted by Crippen LogP contribution is -2.08. The van der Waals surface area contributed by atoms with E-state index >= 15 is 0 Å². The first-order valence-electron chi connectivity index (χ1n) is 5.68. The van der Waals surface area contributed by atoms with Gasteiger partial charge in [-0.1, -0.05) is 6.07 Å². The fourth-order valence-electron chi connectivity index (χ4n) is 1.70. The van der Waals surface area contributed by atoms with Crippen molar-refractivity contribution >= 4 is 11.4 Å². The molecule has 1 aromatic heterocycles. The number of nitriles is 1. The van der Waals surface area contributed by atoms with Crippen LogP contribution in [0.2, 0.25) is 0 Å². The maximum atomic E-state index is 8.92. The van der Waals surface area contributed by atoms with Crippen LogP contribution in [0.15, 0.2) is 42.6 Å². The Bertz CT molecular complexity index is 572. The summed E-state index contributed by atoms with van der Waals surface area (Å²) in [5, 5.41) is 12.2. The molecule has 0 aliphatic carbocycles. The number of aromatic nitrogens is 1. The Labute approximate surface area is 106 Å². The summed E-state index contributed by atoms with van der Waals surface area (Å²) in [5.41, 5.74) is 8.46. The third-order valence-electron chi connectivity index (χ3n) is 2.69. The molecule has 0 radical (unpaired) electrons. The number of benzene rings is 1. The smallest absolute Gasteiger partial charge is 0.101 e. The van der Waals surface area contributed by atoms with Crippen molar-refractivity contribution in [2.75, 3.05) is 11.1 Å². The molecule has 1 heterocycles. The molecule has 3 N–H and O–H groups in total. The zero-order chi connectivity index (χ0) is 13.0. The van der Waals surface area contributed by atoms with Crippen LogP contribution in [0.5, 0.6) is 0 Å². The highest BCUT2D eigenvalue weighted by Gasteiger charge is 2.07. The zero-order valence-electron chi connectivity index (χ0n) is 10.1. The lowest BCUT2D eigenvalue weighted by atomic mass is 10.1. The van der Waals surface area contributed by atoms with Crippen LogP contribution in [-0.4, -0.2) is 4.98 Å². The number of nitrogens with two attached hydrogens (primary N) is 1. The van der Waals surface area contributed by atoms with Crippen LogP contribution in [0.25, 0.3) is 0 Å². The quantitative estimate of drug-likeness (QED) is 0.806. The third-order valence-corrected chi connectivity index (χ3v) is 2.69. The van der Waals surface area contributed by atoms with Crippen molar-refractivity contribution in [2.45, 2.75) is 13.0 Å². The van der Waals surface area contributed by atoms with Crippen molar-refractivity contribution in [2.24, 2.45) is 0 Å². The summed E-state index contributed by atoms with van der Waals surface area (Å²) in [6.07, 6.45) is 1.76. The fraction of sp³-hybridized carbons (Fsp3) is 0.143. The van der Waals surface area contributed by atoms with E-state index in [1.54, 1.807) is 18.3 Å². The second kappa shape index (κ2) is 5.19. The average Bonchev–Trinajstić information content (AvgIpc) is 2.42. The first-order valence-corrected chi connectivity index (χ1v) is 5.68. The molecule has 0 fully saturated rings.